The third kappa shape index (κ3) is 4.73. The molecule has 0 fully saturated rings. The second-order valence-electron chi connectivity index (χ2n) is 3.27. The first kappa shape index (κ1) is 11.9. The minimum Gasteiger partial charge on any atom is -0.390 e. The van der Waals surface area contributed by atoms with Gasteiger partial charge in [0.2, 0.25) is 0 Å². The van der Waals surface area contributed by atoms with Crippen molar-refractivity contribution in [2.75, 3.05) is 7.11 Å². The van der Waals surface area contributed by atoms with Crippen LogP contribution in [0.3, 0.4) is 0 Å². The van der Waals surface area contributed by atoms with Crippen LogP contribution in [0.25, 0.3) is 0 Å². The number of hydrogen-bond acceptors (Lipinski definition) is 2. The van der Waals surface area contributed by atoms with Crippen LogP contribution < -0.4 is 0 Å². The SMILES string of the molecule is CCCCC(O)C(CCC)OC. The van der Waals surface area contributed by atoms with Crippen LogP contribution in [-0.2, 0) is 4.74 Å². The van der Waals surface area contributed by atoms with E-state index >= 15 is 0 Å². The third-order valence-corrected chi connectivity index (χ3v) is 2.16. The molecule has 0 aromatic rings. The first-order valence-corrected chi connectivity index (χ1v) is 4.97. The minimum absolute atomic E-state index is 0.0431. The van der Waals surface area contributed by atoms with Crippen molar-refractivity contribution in [1.82, 2.24) is 0 Å². The van der Waals surface area contributed by atoms with Crippen LogP contribution in [0.4, 0.5) is 0 Å². The van der Waals surface area contributed by atoms with Crippen LogP contribution in [0.2, 0.25) is 0 Å². The quantitative estimate of drug-likeness (QED) is 0.642. The van der Waals surface area contributed by atoms with E-state index in [1.54, 1.807) is 7.11 Å². The molecule has 0 aromatic heterocycles. The largest absolute Gasteiger partial charge is 0.390 e. The summed E-state index contributed by atoms with van der Waals surface area (Å²) in [6.07, 6.45) is 4.90. The van der Waals surface area contributed by atoms with Gasteiger partial charge in [0, 0.05) is 7.11 Å². The van der Waals surface area contributed by atoms with Crippen molar-refractivity contribution in [2.45, 2.75) is 58.2 Å². The van der Waals surface area contributed by atoms with Crippen molar-refractivity contribution >= 4 is 0 Å². The summed E-state index contributed by atoms with van der Waals surface area (Å²) in [6.45, 7) is 4.24. The fourth-order valence-electron chi connectivity index (χ4n) is 1.35. The molecule has 12 heavy (non-hydrogen) atoms. The van der Waals surface area contributed by atoms with E-state index in [9.17, 15) is 5.11 Å². The normalized spacial score (nSPS) is 16.0. The summed E-state index contributed by atoms with van der Waals surface area (Å²) in [5, 5.41) is 9.65. The Labute approximate surface area is 75.9 Å². The van der Waals surface area contributed by atoms with E-state index in [1.807, 2.05) is 0 Å². The number of methoxy groups -OCH3 is 1. The minimum atomic E-state index is -0.269. The van der Waals surface area contributed by atoms with Gasteiger partial charge in [-0.3, -0.25) is 0 Å². The van der Waals surface area contributed by atoms with Gasteiger partial charge in [0.05, 0.1) is 12.2 Å². The van der Waals surface area contributed by atoms with Gasteiger partial charge < -0.3 is 9.84 Å². The molecule has 2 unspecified atom stereocenters. The van der Waals surface area contributed by atoms with Crippen molar-refractivity contribution in [3.05, 3.63) is 0 Å². The molecule has 0 aromatic carbocycles. The standard InChI is InChI=1S/C10H22O2/c1-4-6-8-9(11)10(12-3)7-5-2/h9-11H,4-8H2,1-3H3. The number of aliphatic hydroxyl groups excluding tert-OH is 1. The average Bonchev–Trinajstić information content (AvgIpc) is 2.10. The molecule has 0 rings (SSSR count). The highest BCUT2D eigenvalue weighted by Gasteiger charge is 2.16. The van der Waals surface area contributed by atoms with Crippen LogP contribution in [0.1, 0.15) is 46.0 Å². The van der Waals surface area contributed by atoms with Crippen LogP contribution >= 0.6 is 0 Å². The Morgan fingerprint density at radius 2 is 1.83 bits per heavy atom. The van der Waals surface area contributed by atoms with E-state index in [0.29, 0.717) is 0 Å². The van der Waals surface area contributed by atoms with Crippen LogP contribution in [0, 0.1) is 0 Å². The maximum atomic E-state index is 9.65. The summed E-state index contributed by atoms with van der Waals surface area (Å²) in [4.78, 5) is 0. The van der Waals surface area contributed by atoms with Crippen molar-refractivity contribution in [3.8, 4) is 0 Å². The van der Waals surface area contributed by atoms with E-state index in [0.717, 1.165) is 32.1 Å². The fraction of sp³-hybridized carbons (Fsp3) is 1.00. The Morgan fingerprint density at radius 3 is 2.25 bits per heavy atom. The van der Waals surface area contributed by atoms with Gasteiger partial charge in [-0.25, -0.2) is 0 Å². The van der Waals surface area contributed by atoms with Crippen molar-refractivity contribution < 1.29 is 9.84 Å². The predicted octanol–water partition coefficient (Wildman–Crippen LogP) is 2.35. The lowest BCUT2D eigenvalue weighted by atomic mass is 10.0. The Balaban J connectivity index is 3.60. The first-order chi connectivity index (χ1) is 5.76. The van der Waals surface area contributed by atoms with Crippen molar-refractivity contribution in [3.63, 3.8) is 0 Å². The van der Waals surface area contributed by atoms with Gasteiger partial charge in [0.15, 0.2) is 0 Å². The van der Waals surface area contributed by atoms with Crippen LogP contribution in [0.15, 0.2) is 0 Å². The van der Waals surface area contributed by atoms with Gasteiger partial charge in [0.25, 0.3) is 0 Å². The zero-order valence-electron chi connectivity index (χ0n) is 8.55. The highest BCUT2D eigenvalue weighted by molar-refractivity contribution is 4.67. The lowest BCUT2D eigenvalue weighted by Crippen LogP contribution is -2.27. The lowest BCUT2D eigenvalue weighted by molar-refractivity contribution is -0.0210. The summed E-state index contributed by atoms with van der Waals surface area (Å²) >= 11 is 0. The van der Waals surface area contributed by atoms with E-state index in [2.05, 4.69) is 13.8 Å². The molecule has 2 atom stereocenters. The number of rotatable bonds is 7. The number of aliphatic hydroxyl groups is 1. The molecular weight excluding hydrogens is 152 g/mol. The maximum Gasteiger partial charge on any atom is 0.0830 e. The second-order valence-corrected chi connectivity index (χ2v) is 3.27. The molecule has 0 aliphatic carbocycles. The van der Waals surface area contributed by atoms with Crippen LogP contribution in [0.5, 0.6) is 0 Å². The molecule has 1 N–H and O–H groups in total. The molecule has 0 bridgehead atoms. The third-order valence-electron chi connectivity index (χ3n) is 2.16. The van der Waals surface area contributed by atoms with Gasteiger partial charge in [-0.05, 0) is 12.8 Å². The predicted molar refractivity (Wildman–Crippen MR) is 51.2 cm³/mol. The van der Waals surface area contributed by atoms with Crippen molar-refractivity contribution in [1.29, 1.82) is 0 Å². The average molecular weight is 174 g/mol. The molecule has 0 aliphatic rings. The molecule has 2 nitrogen and oxygen atoms in total. The number of ether oxygens (including phenoxy) is 1. The Hall–Kier alpha value is -0.0800. The smallest absolute Gasteiger partial charge is 0.0830 e. The van der Waals surface area contributed by atoms with Gasteiger partial charge >= 0.3 is 0 Å². The van der Waals surface area contributed by atoms with Gasteiger partial charge in [-0.1, -0.05) is 33.1 Å². The second kappa shape index (κ2) is 7.56. The Kier molecular flexibility index (Phi) is 7.51. The lowest BCUT2D eigenvalue weighted by Gasteiger charge is -2.20. The zero-order valence-corrected chi connectivity index (χ0v) is 8.55. The summed E-state index contributed by atoms with van der Waals surface area (Å²) in [6, 6.07) is 0. The molecule has 0 radical (unpaired) electrons. The molecule has 74 valence electrons. The number of unbranched alkanes of at least 4 members (excludes halogenated alkanes) is 1. The monoisotopic (exact) mass is 174 g/mol. The molecule has 0 saturated heterocycles. The topological polar surface area (TPSA) is 29.5 Å². The molecular formula is C10H22O2. The number of hydrogen-bond donors (Lipinski definition) is 1. The van der Waals surface area contributed by atoms with E-state index < -0.39 is 0 Å². The van der Waals surface area contributed by atoms with Gasteiger partial charge in [-0.2, -0.15) is 0 Å². The summed E-state index contributed by atoms with van der Waals surface area (Å²) in [5.41, 5.74) is 0. The van der Waals surface area contributed by atoms with E-state index in [4.69, 9.17) is 4.74 Å². The molecule has 0 heterocycles. The summed E-state index contributed by atoms with van der Waals surface area (Å²) in [5.74, 6) is 0. The Bertz CT molecular complexity index is 93.8. The van der Waals surface area contributed by atoms with Crippen molar-refractivity contribution in [2.24, 2.45) is 0 Å². The summed E-state index contributed by atoms with van der Waals surface area (Å²) < 4.78 is 5.20. The highest BCUT2D eigenvalue weighted by Crippen LogP contribution is 2.11. The fourth-order valence-corrected chi connectivity index (χ4v) is 1.35. The van der Waals surface area contributed by atoms with E-state index in [1.165, 1.54) is 0 Å². The molecule has 0 aliphatic heterocycles. The van der Waals surface area contributed by atoms with Gasteiger partial charge in [0.1, 0.15) is 0 Å². The zero-order chi connectivity index (χ0) is 9.40. The Morgan fingerprint density at radius 1 is 1.17 bits per heavy atom. The molecule has 2 heteroatoms. The van der Waals surface area contributed by atoms with Gasteiger partial charge in [-0.15, -0.1) is 0 Å². The van der Waals surface area contributed by atoms with Crippen LogP contribution in [-0.4, -0.2) is 24.4 Å². The first-order valence-electron chi connectivity index (χ1n) is 4.97. The summed E-state index contributed by atoms with van der Waals surface area (Å²) in [7, 11) is 1.68. The molecule has 0 amide bonds. The van der Waals surface area contributed by atoms with E-state index in [-0.39, 0.29) is 12.2 Å². The maximum absolute atomic E-state index is 9.65. The molecule has 0 spiro atoms. The molecule has 0 saturated carbocycles. The highest BCUT2D eigenvalue weighted by atomic mass is 16.5.